The van der Waals surface area contributed by atoms with Gasteiger partial charge in [0.1, 0.15) is 6.10 Å². The Morgan fingerprint density at radius 1 is 0.480 bits per heavy atom. The van der Waals surface area contributed by atoms with Crippen LogP contribution in [0.25, 0.3) is 0 Å². The average Bonchev–Trinajstić information content (AvgIpc) is 3.12. The van der Waals surface area contributed by atoms with Crippen LogP contribution in [0.4, 0.5) is 0 Å². The van der Waals surface area contributed by atoms with Gasteiger partial charge < -0.3 is 20.6 Å². The SMILES string of the molecule is CCCCCCCCCCCCCCCCCCCCCCCCC/C=C/C(O)C(CO)NC(=O)C(O)CCCCCCCCCCCCC. The lowest BCUT2D eigenvalue weighted by Gasteiger charge is -2.21. The van der Waals surface area contributed by atoms with E-state index in [-0.39, 0.29) is 6.61 Å². The highest BCUT2D eigenvalue weighted by atomic mass is 16.3. The monoisotopic (exact) mass is 708 g/mol. The number of carbonyl (C=O) groups is 1. The summed E-state index contributed by atoms with van der Waals surface area (Å²) in [6, 6.07) is -0.792. The van der Waals surface area contributed by atoms with Crippen molar-refractivity contribution < 1.29 is 20.1 Å². The van der Waals surface area contributed by atoms with Crippen LogP contribution in [0.2, 0.25) is 0 Å². The van der Waals surface area contributed by atoms with Crippen molar-refractivity contribution in [2.45, 2.75) is 263 Å². The lowest BCUT2D eigenvalue weighted by Crippen LogP contribution is -2.48. The fourth-order valence-corrected chi connectivity index (χ4v) is 7.07. The van der Waals surface area contributed by atoms with Crippen molar-refractivity contribution in [2.24, 2.45) is 0 Å². The zero-order valence-electron chi connectivity index (χ0n) is 33.8. The van der Waals surface area contributed by atoms with Gasteiger partial charge in [-0.25, -0.2) is 0 Å². The van der Waals surface area contributed by atoms with Crippen LogP contribution in [0.15, 0.2) is 12.2 Å². The normalized spacial score (nSPS) is 13.6. The molecular formula is C45H89NO4. The van der Waals surface area contributed by atoms with E-state index in [9.17, 15) is 20.1 Å². The maximum Gasteiger partial charge on any atom is 0.249 e. The number of hydrogen-bond donors (Lipinski definition) is 4. The van der Waals surface area contributed by atoms with Crippen LogP contribution < -0.4 is 5.32 Å². The first-order chi connectivity index (χ1) is 24.6. The number of unbranched alkanes of at least 4 members (excludes halogenated alkanes) is 33. The Morgan fingerprint density at radius 3 is 1.10 bits per heavy atom. The van der Waals surface area contributed by atoms with Crippen LogP contribution in [0.1, 0.15) is 245 Å². The third-order valence-corrected chi connectivity index (χ3v) is 10.6. The molecule has 0 aromatic rings. The van der Waals surface area contributed by atoms with Gasteiger partial charge in [-0.05, 0) is 19.3 Å². The molecule has 0 aliphatic heterocycles. The van der Waals surface area contributed by atoms with E-state index in [1.54, 1.807) is 6.08 Å². The summed E-state index contributed by atoms with van der Waals surface area (Å²) < 4.78 is 0. The van der Waals surface area contributed by atoms with Crippen molar-refractivity contribution >= 4 is 5.91 Å². The van der Waals surface area contributed by atoms with Gasteiger partial charge in [-0.3, -0.25) is 4.79 Å². The Bertz CT molecular complexity index is 699. The molecule has 0 aliphatic rings. The van der Waals surface area contributed by atoms with Crippen molar-refractivity contribution in [2.75, 3.05) is 6.61 Å². The Balaban J connectivity index is 3.57. The minimum atomic E-state index is -1.09. The molecule has 3 unspecified atom stereocenters. The molecule has 0 saturated carbocycles. The van der Waals surface area contributed by atoms with Gasteiger partial charge in [0, 0.05) is 0 Å². The molecule has 0 rings (SSSR count). The second-order valence-corrected chi connectivity index (χ2v) is 15.6. The van der Waals surface area contributed by atoms with Crippen molar-refractivity contribution in [1.82, 2.24) is 5.32 Å². The largest absolute Gasteiger partial charge is 0.394 e. The smallest absolute Gasteiger partial charge is 0.249 e. The van der Waals surface area contributed by atoms with E-state index >= 15 is 0 Å². The standard InChI is InChI=1S/C45H89NO4/c1-3-5-7-9-11-13-15-16-17-18-19-20-21-22-23-24-25-26-27-28-30-31-33-35-37-39-43(48)42(41-47)46-45(50)44(49)40-38-36-34-32-29-14-12-10-8-6-4-2/h37,39,42-44,47-49H,3-36,38,40-41H2,1-2H3,(H,46,50)/b39-37+. The molecule has 4 N–H and O–H groups in total. The Morgan fingerprint density at radius 2 is 0.780 bits per heavy atom. The molecule has 0 fully saturated rings. The van der Waals surface area contributed by atoms with Gasteiger partial charge >= 0.3 is 0 Å². The summed E-state index contributed by atoms with van der Waals surface area (Å²) in [5, 5.41) is 33.1. The molecule has 0 spiro atoms. The predicted molar refractivity (Wildman–Crippen MR) is 218 cm³/mol. The molecule has 3 atom stereocenters. The van der Waals surface area contributed by atoms with Crippen LogP contribution in [0.5, 0.6) is 0 Å². The van der Waals surface area contributed by atoms with Gasteiger partial charge in [-0.15, -0.1) is 0 Å². The molecule has 0 heterocycles. The minimum Gasteiger partial charge on any atom is -0.394 e. The summed E-state index contributed by atoms with van der Waals surface area (Å²) in [4.78, 5) is 12.4. The van der Waals surface area contributed by atoms with Crippen molar-refractivity contribution in [3.63, 3.8) is 0 Å². The van der Waals surface area contributed by atoms with Gasteiger partial charge in [0.15, 0.2) is 0 Å². The van der Waals surface area contributed by atoms with E-state index in [0.717, 1.165) is 32.1 Å². The second kappa shape index (κ2) is 40.9. The van der Waals surface area contributed by atoms with Gasteiger partial charge in [-0.1, -0.05) is 238 Å². The number of aliphatic hydroxyl groups is 3. The number of nitrogens with one attached hydrogen (secondary N) is 1. The van der Waals surface area contributed by atoms with E-state index in [0.29, 0.717) is 6.42 Å². The summed E-state index contributed by atoms with van der Waals surface area (Å²) >= 11 is 0. The Hall–Kier alpha value is -0.910. The fraction of sp³-hybridized carbons (Fsp3) is 0.933. The summed E-state index contributed by atoms with van der Waals surface area (Å²) in [7, 11) is 0. The molecule has 0 aliphatic carbocycles. The number of rotatable bonds is 41. The van der Waals surface area contributed by atoms with Gasteiger partial charge in [0.2, 0.25) is 5.91 Å². The quantitative estimate of drug-likeness (QED) is 0.0376. The van der Waals surface area contributed by atoms with Crippen LogP contribution >= 0.6 is 0 Å². The van der Waals surface area contributed by atoms with E-state index in [1.807, 2.05) is 6.08 Å². The highest BCUT2D eigenvalue weighted by Gasteiger charge is 2.22. The summed E-state index contributed by atoms with van der Waals surface area (Å²) in [5.74, 6) is -0.501. The molecule has 5 nitrogen and oxygen atoms in total. The third kappa shape index (κ3) is 35.5. The number of aliphatic hydroxyl groups excluding tert-OH is 3. The van der Waals surface area contributed by atoms with E-state index < -0.39 is 24.2 Å². The first-order valence-electron chi connectivity index (χ1n) is 22.5. The number of hydrogen-bond acceptors (Lipinski definition) is 4. The topological polar surface area (TPSA) is 89.8 Å². The molecule has 5 heteroatoms. The molecule has 0 aromatic carbocycles. The lowest BCUT2D eigenvalue weighted by molar-refractivity contribution is -0.131. The number of carbonyl (C=O) groups excluding carboxylic acids is 1. The summed E-state index contributed by atoms with van der Waals surface area (Å²) in [6.07, 6.45) is 48.3. The highest BCUT2D eigenvalue weighted by molar-refractivity contribution is 5.80. The molecule has 0 radical (unpaired) electrons. The van der Waals surface area contributed by atoms with Crippen LogP contribution in [-0.4, -0.2) is 46.1 Å². The molecule has 0 aromatic heterocycles. The highest BCUT2D eigenvalue weighted by Crippen LogP contribution is 2.16. The van der Waals surface area contributed by atoms with E-state index in [2.05, 4.69) is 19.2 Å². The average molecular weight is 708 g/mol. The van der Waals surface area contributed by atoms with Gasteiger partial charge in [0.05, 0.1) is 18.8 Å². The molecule has 298 valence electrons. The van der Waals surface area contributed by atoms with Crippen LogP contribution in [0.3, 0.4) is 0 Å². The minimum absolute atomic E-state index is 0.359. The van der Waals surface area contributed by atoms with Gasteiger partial charge in [0.25, 0.3) is 0 Å². The van der Waals surface area contributed by atoms with E-state index in [4.69, 9.17) is 0 Å². The lowest BCUT2D eigenvalue weighted by atomic mass is 10.0. The Kier molecular flexibility index (Phi) is 40.1. The van der Waals surface area contributed by atoms with Crippen LogP contribution in [-0.2, 0) is 4.79 Å². The van der Waals surface area contributed by atoms with Gasteiger partial charge in [-0.2, -0.15) is 0 Å². The molecular weight excluding hydrogens is 618 g/mol. The maximum atomic E-state index is 12.4. The number of allylic oxidation sites excluding steroid dienone is 1. The van der Waals surface area contributed by atoms with E-state index in [1.165, 1.54) is 193 Å². The predicted octanol–water partition coefficient (Wildman–Crippen LogP) is 12.8. The van der Waals surface area contributed by atoms with Crippen LogP contribution in [0, 0.1) is 0 Å². The maximum absolute atomic E-state index is 12.4. The number of amides is 1. The van der Waals surface area contributed by atoms with Crippen molar-refractivity contribution in [1.29, 1.82) is 0 Å². The van der Waals surface area contributed by atoms with Crippen molar-refractivity contribution in [3.8, 4) is 0 Å². The molecule has 0 bridgehead atoms. The zero-order valence-corrected chi connectivity index (χ0v) is 33.8. The first-order valence-corrected chi connectivity index (χ1v) is 22.5. The Labute approximate surface area is 312 Å². The second-order valence-electron chi connectivity index (χ2n) is 15.6. The molecule has 50 heavy (non-hydrogen) atoms. The first kappa shape index (κ1) is 49.1. The third-order valence-electron chi connectivity index (χ3n) is 10.6. The van der Waals surface area contributed by atoms with Crippen molar-refractivity contribution in [3.05, 3.63) is 12.2 Å². The fourth-order valence-electron chi connectivity index (χ4n) is 7.07. The molecule has 1 amide bonds. The molecule has 0 saturated heterocycles. The zero-order chi connectivity index (χ0) is 36.6. The summed E-state index contributed by atoms with van der Waals surface area (Å²) in [5.41, 5.74) is 0. The summed E-state index contributed by atoms with van der Waals surface area (Å²) in [6.45, 7) is 4.18.